The molecule has 1 atom stereocenters. The second kappa shape index (κ2) is 9.47. The molecule has 36 heavy (non-hydrogen) atoms. The van der Waals surface area contributed by atoms with E-state index in [1.54, 1.807) is 18.2 Å². The van der Waals surface area contributed by atoms with Gasteiger partial charge in [-0.05, 0) is 65.8 Å². The number of ether oxygens (including phenoxy) is 1. The molecule has 0 spiro atoms. The predicted octanol–water partition coefficient (Wildman–Crippen LogP) is 6.89. The molecule has 4 rings (SSSR count). The molecule has 0 aliphatic carbocycles. The van der Waals surface area contributed by atoms with Crippen LogP contribution in [-0.2, 0) is 15.0 Å². The zero-order valence-corrected chi connectivity index (χ0v) is 22.1. The molecular weight excluding hydrogens is 474 g/mol. The Morgan fingerprint density at radius 3 is 2.28 bits per heavy atom. The first-order chi connectivity index (χ1) is 17.0. The van der Waals surface area contributed by atoms with Crippen LogP contribution < -0.4 is 9.64 Å². The van der Waals surface area contributed by atoms with Crippen molar-refractivity contribution in [2.75, 3.05) is 12.0 Å². The van der Waals surface area contributed by atoms with Crippen molar-refractivity contribution in [2.45, 2.75) is 46.1 Å². The van der Waals surface area contributed by atoms with Crippen LogP contribution in [0.25, 0.3) is 5.76 Å². The lowest BCUT2D eigenvalue weighted by Gasteiger charge is -2.27. The Kier molecular flexibility index (Phi) is 6.72. The van der Waals surface area contributed by atoms with Gasteiger partial charge in [0.2, 0.25) is 0 Å². The SMILES string of the molecule is COc1ccc(N2C(=O)C(=O)/C(=C(/O)c3cc(C(C)(C)C)ccc3C)C2c2ccccc2C)cc1Cl. The van der Waals surface area contributed by atoms with Crippen LogP contribution >= 0.6 is 11.6 Å². The number of hydrogen-bond donors (Lipinski definition) is 1. The average molecular weight is 504 g/mol. The lowest BCUT2D eigenvalue weighted by atomic mass is 9.84. The summed E-state index contributed by atoms with van der Waals surface area (Å²) < 4.78 is 5.26. The summed E-state index contributed by atoms with van der Waals surface area (Å²) in [6, 6.07) is 17.5. The van der Waals surface area contributed by atoms with Gasteiger partial charge in [0.1, 0.15) is 11.5 Å². The van der Waals surface area contributed by atoms with Crippen molar-refractivity contribution in [1.82, 2.24) is 0 Å². The third-order valence-electron chi connectivity index (χ3n) is 6.70. The van der Waals surface area contributed by atoms with Gasteiger partial charge in [-0.2, -0.15) is 0 Å². The number of aliphatic hydroxyl groups excluding tert-OH is 1. The van der Waals surface area contributed by atoms with Crippen molar-refractivity contribution in [3.8, 4) is 5.75 Å². The summed E-state index contributed by atoms with van der Waals surface area (Å²) in [5.74, 6) is -1.20. The Labute approximate surface area is 217 Å². The van der Waals surface area contributed by atoms with Crippen LogP contribution in [-0.4, -0.2) is 23.9 Å². The molecule has 1 aliphatic heterocycles. The van der Waals surface area contributed by atoms with E-state index in [1.807, 2.05) is 56.3 Å². The summed E-state index contributed by atoms with van der Waals surface area (Å²) in [7, 11) is 1.51. The highest BCUT2D eigenvalue weighted by molar-refractivity contribution is 6.52. The maximum atomic E-state index is 13.5. The molecule has 0 radical (unpaired) electrons. The smallest absolute Gasteiger partial charge is 0.300 e. The van der Waals surface area contributed by atoms with Gasteiger partial charge in [-0.3, -0.25) is 14.5 Å². The Balaban J connectivity index is 2.00. The highest BCUT2D eigenvalue weighted by atomic mass is 35.5. The lowest BCUT2D eigenvalue weighted by molar-refractivity contribution is -0.132. The van der Waals surface area contributed by atoms with E-state index in [0.29, 0.717) is 22.0 Å². The van der Waals surface area contributed by atoms with E-state index in [9.17, 15) is 14.7 Å². The third kappa shape index (κ3) is 4.40. The van der Waals surface area contributed by atoms with Crippen LogP contribution in [0.4, 0.5) is 5.69 Å². The topological polar surface area (TPSA) is 66.8 Å². The molecule has 6 heteroatoms. The summed E-state index contributed by atoms with van der Waals surface area (Å²) in [6.45, 7) is 10.1. The Hall–Kier alpha value is -3.57. The number of aliphatic hydroxyl groups is 1. The fourth-order valence-electron chi connectivity index (χ4n) is 4.58. The molecule has 0 bridgehead atoms. The summed E-state index contributed by atoms with van der Waals surface area (Å²) in [5.41, 5.74) is 4.32. The number of Topliss-reactive ketones (excluding diaryl/α,β-unsaturated/α-hetero) is 1. The number of methoxy groups -OCH3 is 1. The number of aryl methyl sites for hydroxylation is 2. The number of amides is 1. The molecule has 1 amide bonds. The maximum absolute atomic E-state index is 13.5. The van der Waals surface area contributed by atoms with Gasteiger partial charge in [0.15, 0.2) is 0 Å². The van der Waals surface area contributed by atoms with E-state index in [2.05, 4.69) is 20.8 Å². The first-order valence-electron chi connectivity index (χ1n) is 11.8. The van der Waals surface area contributed by atoms with Crippen LogP contribution in [0.5, 0.6) is 5.75 Å². The zero-order valence-electron chi connectivity index (χ0n) is 21.3. The van der Waals surface area contributed by atoms with Gasteiger partial charge in [0.05, 0.1) is 23.7 Å². The highest BCUT2D eigenvalue weighted by Gasteiger charge is 2.47. The van der Waals surface area contributed by atoms with Crippen LogP contribution in [0.2, 0.25) is 5.02 Å². The lowest BCUT2D eigenvalue weighted by Crippen LogP contribution is -2.29. The molecule has 1 fully saturated rings. The largest absolute Gasteiger partial charge is 0.507 e. The zero-order chi connectivity index (χ0) is 26.4. The number of benzene rings is 3. The fourth-order valence-corrected chi connectivity index (χ4v) is 4.83. The monoisotopic (exact) mass is 503 g/mol. The number of rotatable bonds is 4. The number of anilines is 1. The number of carbonyl (C=O) groups excluding carboxylic acids is 2. The molecule has 0 aromatic heterocycles. The van der Waals surface area contributed by atoms with Gasteiger partial charge in [0.25, 0.3) is 11.7 Å². The minimum atomic E-state index is -0.826. The van der Waals surface area contributed by atoms with E-state index in [4.69, 9.17) is 16.3 Å². The van der Waals surface area contributed by atoms with Crippen molar-refractivity contribution < 1.29 is 19.4 Å². The molecular formula is C30H30ClNO4. The molecule has 0 saturated carbocycles. The van der Waals surface area contributed by atoms with Crippen molar-refractivity contribution in [3.63, 3.8) is 0 Å². The standard InChI is InChI=1S/C30H30ClNO4/c1-17-9-7-8-10-21(17)26-25(27(33)22-15-19(30(3,4)5)12-11-18(22)2)28(34)29(35)32(26)20-13-14-24(36-6)23(31)16-20/h7-16,26,33H,1-6H3/b27-25+. The van der Waals surface area contributed by atoms with Crippen LogP contribution in [0.15, 0.2) is 66.2 Å². The molecule has 186 valence electrons. The minimum Gasteiger partial charge on any atom is -0.507 e. The van der Waals surface area contributed by atoms with Crippen LogP contribution in [0.3, 0.4) is 0 Å². The van der Waals surface area contributed by atoms with Crippen molar-refractivity contribution in [1.29, 1.82) is 0 Å². The van der Waals surface area contributed by atoms with Crippen LogP contribution in [0, 0.1) is 13.8 Å². The minimum absolute atomic E-state index is 0.0513. The van der Waals surface area contributed by atoms with Gasteiger partial charge in [-0.15, -0.1) is 0 Å². The van der Waals surface area contributed by atoms with Gasteiger partial charge in [-0.1, -0.05) is 68.8 Å². The average Bonchev–Trinajstić information content (AvgIpc) is 3.08. The molecule has 3 aromatic carbocycles. The van der Waals surface area contributed by atoms with E-state index < -0.39 is 17.7 Å². The second-order valence-electron chi connectivity index (χ2n) is 10.1. The maximum Gasteiger partial charge on any atom is 0.300 e. The molecule has 1 saturated heterocycles. The van der Waals surface area contributed by atoms with E-state index in [0.717, 1.165) is 22.3 Å². The fraction of sp³-hybridized carbons (Fsp3) is 0.267. The van der Waals surface area contributed by atoms with Gasteiger partial charge >= 0.3 is 0 Å². The molecule has 5 nitrogen and oxygen atoms in total. The first kappa shape index (κ1) is 25.5. The van der Waals surface area contributed by atoms with Crippen molar-refractivity contribution in [3.05, 3.63) is 99.1 Å². The van der Waals surface area contributed by atoms with E-state index in [1.165, 1.54) is 12.0 Å². The van der Waals surface area contributed by atoms with E-state index >= 15 is 0 Å². The first-order valence-corrected chi connectivity index (χ1v) is 12.1. The number of nitrogens with zero attached hydrogens (tertiary/aromatic N) is 1. The second-order valence-corrected chi connectivity index (χ2v) is 10.5. The van der Waals surface area contributed by atoms with Gasteiger partial charge in [0, 0.05) is 11.3 Å². The number of hydrogen-bond acceptors (Lipinski definition) is 4. The van der Waals surface area contributed by atoms with Gasteiger partial charge < -0.3 is 9.84 Å². The Morgan fingerprint density at radius 2 is 1.67 bits per heavy atom. The summed E-state index contributed by atoms with van der Waals surface area (Å²) in [6.07, 6.45) is 0. The summed E-state index contributed by atoms with van der Waals surface area (Å²) in [4.78, 5) is 28.4. The Bertz CT molecular complexity index is 1400. The van der Waals surface area contributed by atoms with Gasteiger partial charge in [-0.25, -0.2) is 0 Å². The number of carbonyl (C=O) groups is 2. The van der Waals surface area contributed by atoms with E-state index in [-0.39, 0.29) is 16.7 Å². The number of halogens is 1. The normalized spacial score (nSPS) is 17.5. The molecule has 1 unspecified atom stereocenters. The Morgan fingerprint density at radius 1 is 0.972 bits per heavy atom. The third-order valence-corrected chi connectivity index (χ3v) is 7.00. The van der Waals surface area contributed by atoms with Crippen molar-refractivity contribution in [2.24, 2.45) is 0 Å². The summed E-state index contributed by atoms with van der Waals surface area (Å²) >= 11 is 6.38. The molecule has 3 aromatic rings. The number of ketones is 1. The molecule has 1 aliphatic rings. The summed E-state index contributed by atoms with van der Waals surface area (Å²) in [5, 5.41) is 12.0. The molecule has 1 N–H and O–H groups in total. The highest BCUT2D eigenvalue weighted by Crippen LogP contribution is 2.45. The predicted molar refractivity (Wildman–Crippen MR) is 144 cm³/mol. The molecule has 1 heterocycles. The quantitative estimate of drug-likeness (QED) is 0.239. The van der Waals surface area contributed by atoms with Crippen molar-refractivity contribution >= 4 is 34.7 Å². The van der Waals surface area contributed by atoms with Crippen LogP contribution in [0.1, 0.15) is 54.6 Å².